The quantitative estimate of drug-likeness (QED) is 0.867. The van der Waals surface area contributed by atoms with E-state index in [4.69, 9.17) is 5.73 Å². The van der Waals surface area contributed by atoms with Gasteiger partial charge in [0, 0.05) is 42.3 Å². The van der Waals surface area contributed by atoms with Gasteiger partial charge in [-0.25, -0.2) is 0 Å². The minimum Gasteiger partial charge on any atom is -0.371 e. The van der Waals surface area contributed by atoms with Crippen molar-refractivity contribution >= 4 is 27.5 Å². The van der Waals surface area contributed by atoms with Gasteiger partial charge in [-0.15, -0.1) is 0 Å². The Morgan fingerprint density at radius 3 is 3.05 bits per heavy atom. The molecular weight excluding hydrogens is 318 g/mol. The standard InChI is InChI=1S/C15H20BrN3O/c16-12-2-3-14(11(7-12)8-17)19-6-5-13-10(9-19)1-4-15(20)18-13/h2-3,7,10,13H,1,4-6,8-9,17H2,(H,18,20). The van der Waals surface area contributed by atoms with E-state index in [1.807, 2.05) is 0 Å². The van der Waals surface area contributed by atoms with Crippen molar-refractivity contribution in [3.8, 4) is 0 Å². The molecule has 0 bridgehead atoms. The Hall–Kier alpha value is -1.07. The number of halogens is 1. The number of hydrogen-bond acceptors (Lipinski definition) is 3. The zero-order chi connectivity index (χ0) is 14.1. The molecule has 1 aromatic carbocycles. The number of piperidine rings is 2. The number of nitrogens with zero attached hydrogens (tertiary/aromatic N) is 1. The maximum absolute atomic E-state index is 11.5. The summed E-state index contributed by atoms with van der Waals surface area (Å²) in [7, 11) is 0. The van der Waals surface area contributed by atoms with Crippen LogP contribution in [-0.4, -0.2) is 25.0 Å². The number of anilines is 1. The zero-order valence-electron chi connectivity index (χ0n) is 11.4. The number of nitrogens with two attached hydrogens (primary N) is 1. The van der Waals surface area contributed by atoms with Crippen LogP contribution in [-0.2, 0) is 11.3 Å². The molecule has 20 heavy (non-hydrogen) atoms. The molecule has 0 radical (unpaired) electrons. The van der Waals surface area contributed by atoms with Crippen LogP contribution in [0.25, 0.3) is 0 Å². The van der Waals surface area contributed by atoms with Crippen LogP contribution in [0.2, 0.25) is 0 Å². The highest BCUT2D eigenvalue weighted by atomic mass is 79.9. The smallest absolute Gasteiger partial charge is 0.220 e. The molecule has 2 aliphatic heterocycles. The summed E-state index contributed by atoms with van der Waals surface area (Å²) in [4.78, 5) is 13.9. The molecule has 2 aliphatic rings. The van der Waals surface area contributed by atoms with Crippen LogP contribution in [0.1, 0.15) is 24.8 Å². The molecule has 0 aliphatic carbocycles. The Kier molecular flexibility index (Phi) is 3.98. The van der Waals surface area contributed by atoms with Crippen LogP contribution in [0.15, 0.2) is 22.7 Å². The SMILES string of the molecule is NCc1cc(Br)ccc1N1CCC2NC(=O)CCC2C1. The van der Waals surface area contributed by atoms with Gasteiger partial charge in [0.2, 0.25) is 5.91 Å². The summed E-state index contributed by atoms with van der Waals surface area (Å²) in [5, 5.41) is 3.13. The first kappa shape index (κ1) is 13.9. The summed E-state index contributed by atoms with van der Waals surface area (Å²) in [6.07, 6.45) is 2.69. The normalized spacial score (nSPS) is 26.1. The van der Waals surface area contributed by atoms with Crippen molar-refractivity contribution in [3.05, 3.63) is 28.2 Å². The van der Waals surface area contributed by atoms with E-state index in [-0.39, 0.29) is 5.91 Å². The summed E-state index contributed by atoms with van der Waals surface area (Å²) < 4.78 is 1.07. The number of carbonyl (C=O) groups is 1. The van der Waals surface area contributed by atoms with Gasteiger partial charge >= 0.3 is 0 Å². The molecule has 2 fully saturated rings. The lowest BCUT2D eigenvalue weighted by Crippen LogP contribution is -2.54. The molecule has 1 amide bonds. The largest absolute Gasteiger partial charge is 0.371 e. The number of amides is 1. The third-order valence-corrected chi connectivity index (χ3v) is 4.92. The van der Waals surface area contributed by atoms with E-state index in [1.54, 1.807) is 0 Å². The Labute approximate surface area is 127 Å². The van der Waals surface area contributed by atoms with Gasteiger partial charge in [-0.2, -0.15) is 0 Å². The van der Waals surface area contributed by atoms with Crippen LogP contribution in [0, 0.1) is 5.92 Å². The average molecular weight is 338 g/mol. The lowest BCUT2D eigenvalue weighted by molar-refractivity contribution is -0.124. The molecule has 2 saturated heterocycles. The maximum atomic E-state index is 11.5. The van der Waals surface area contributed by atoms with Crippen molar-refractivity contribution < 1.29 is 4.79 Å². The molecule has 3 rings (SSSR count). The summed E-state index contributed by atoms with van der Waals surface area (Å²) in [5.74, 6) is 0.779. The van der Waals surface area contributed by atoms with E-state index in [9.17, 15) is 4.79 Å². The second kappa shape index (κ2) is 5.74. The lowest BCUT2D eigenvalue weighted by Gasteiger charge is -2.43. The Morgan fingerprint density at radius 2 is 2.25 bits per heavy atom. The molecule has 5 heteroatoms. The van der Waals surface area contributed by atoms with Crippen LogP contribution in [0.4, 0.5) is 5.69 Å². The first-order chi connectivity index (χ1) is 9.67. The summed E-state index contributed by atoms with van der Waals surface area (Å²) in [6.45, 7) is 2.55. The molecule has 108 valence electrons. The van der Waals surface area contributed by atoms with E-state index in [2.05, 4.69) is 44.3 Å². The molecule has 0 aromatic heterocycles. The van der Waals surface area contributed by atoms with Crippen molar-refractivity contribution in [3.63, 3.8) is 0 Å². The van der Waals surface area contributed by atoms with Crippen molar-refractivity contribution in [1.82, 2.24) is 5.32 Å². The highest BCUT2D eigenvalue weighted by Gasteiger charge is 2.34. The van der Waals surface area contributed by atoms with Gasteiger partial charge in [-0.05, 0) is 42.5 Å². The molecule has 2 heterocycles. The fourth-order valence-corrected chi connectivity index (χ4v) is 3.76. The van der Waals surface area contributed by atoms with E-state index in [1.165, 1.54) is 11.3 Å². The average Bonchev–Trinajstić information content (AvgIpc) is 2.46. The van der Waals surface area contributed by atoms with E-state index in [0.717, 1.165) is 30.4 Å². The second-order valence-electron chi connectivity index (χ2n) is 5.68. The predicted octanol–water partition coefficient (Wildman–Crippen LogP) is 2.01. The Balaban J connectivity index is 1.78. The number of nitrogens with one attached hydrogen (secondary N) is 1. The van der Waals surface area contributed by atoms with Gasteiger partial charge in [0.25, 0.3) is 0 Å². The van der Waals surface area contributed by atoms with Crippen LogP contribution in [0.3, 0.4) is 0 Å². The third-order valence-electron chi connectivity index (χ3n) is 4.42. The Morgan fingerprint density at radius 1 is 1.40 bits per heavy atom. The van der Waals surface area contributed by atoms with Gasteiger partial charge in [0.15, 0.2) is 0 Å². The molecule has 0 saturated carbocycles. The number of hydrogen-bond donors (Lipinski definition) is 2. The monoisotopic (exact) mass is 337 g/mol. The topological polar surface area (TPSA) is 58.4 Å². The minimum absolute atomic E-state index is 0.214. The van der Waals surface area contributed by atoms with Gasteiger partial charge in [0.1, 0.15) is 0 Å². The molecule has 1 aromatic rings. The number of carbonyl (C=O) groups excluding carboxylic acids is 1. The van der Waals surface area contributed by atoms with Crippen molar-refractivity contribution in [2.24, 2.45) is 11.7 Å². The lowest BCUT2D eigenvalue weighted by atomic mass is 9.85. The van der Waals surface area contributed by atoms with Gasteiger partial charge in [0.05, 0.1) is 0 Å². The second-order valence-corrected chi connectivity index (χ2v) is 6.60. The van der Waals surface area contributed by atoms with Gasteiger partial charge in [-0.3, -0.25) is 4.79 Å². The molecule has 2 unspecified atom stereocenters. The molecule has 0 spiro atoms. The first-order valence-electron chi connectivity index (χ1n) is 7.20. The molecule has 4 nitrogen and oxygen atoms in total. The van der Waals surface area contributed by atoms with Crippen LogP contribution < -0.4 is 16.0 Å². The van der Waals surface area contributed by atoms with Gasteiger partial charge in [-0.1, -0.05) is 15.9 Å². The van der Waals surface area contributed by atoms with Crippen molar-refractivity contribution in [1.29, 1.82) is 0 Å². The number of rotatable bonds is 2. The fraction of sp³-hybridized carbons (Fsp3) is 0.533. The summed E-state index contributed by atoms with van der Waals surface area (Å²) in [5.41, 5.74) is 8.29. The predicted molar refractivity (Wildman–Crippen MR) is 83.5 cm³/mol. The van der Waals surface area contributed by atoms with Crippen molar-refractivity contribution in [2.75, 3.05) is 18.0 Å². The highest BCUT2D eigenvalue weighted by Crippen LogP contribution is 2.31. The number of fused-ring (bicyclic) bond motifs is 1. The molecule has 2 atom stereocenters. The van der Waals surface area contributed by atoms with Crippen LogP contribution in [0.5, 0.6) is 0 Å². The van der Waals surface area contributed by atoms with Crippen LogP contribution >= 0.6 is 15.9 Å². The molecule has 3 N–H and O–H groups in total. The maximum Gasteiger partial charge on any atom is 0.220 e. The van der Waals surface area contributed by atoms with E-state index >= 15 is 0 Å². The van der Waals surface area contributed by atoms with Gasteiger partial charge < -0.3 is 16.0 Å². The Bertz CT molecular complexity index is 520. The van der Waals surface area contributed by atoms with Crippen molar-refractivity contribution in [2.45, 2.75) is 31.8 Å². The minimum atomic E-state index is 0.214. The first-order valence-corrected chi connectivity index (χ1v) is 7.99. The van der Waals surface area contributed by atoms with E-state index < -0.39 is 0 Å². The zero-order valence-corrected chi connectivity index (χ0v) is 13.0. The molecular formula is C15H20BrN3O. The summed E-state index contributed by atoms with van der Waals surface area (Å²) >= 11 is 3.50. The summed E-state index contributed by atoms with van der Waals surface area (Å²) in [6, 6.07) is 6.69. The van der Waals surface area contributed by atoms with E-state index in [0.29, 0.717) is 24.9 Å². The fourth-order valence-electron chi connectivity index (χ4n) is 3.36. The third kappa shape index (κ3) is 2.69. The highest BCUT2D eigenvalue weighted by molar-refractivity contribution is 9.10. The number of benzene rings is 1.